The number of benzene rings is 1. The van der Waals surface area contributed by atoms with Gasteiger partial charge >= 0.3 is 0 Å². The van der Waals surface area contributed by atoms with E-state index in [1.807, 2.05) is 47.4 Å². The third kappa shape index (κ3) is 2.93. The molecule has 1 aromatic carbocycles. The van der Waals surface area contributed by atoms with Crippen molar-refractivity contribution in [2.24, 2.45) is 0 Å². The van der Waals surface area contributed by atoms with Gasteiger partial charge in [-0.1, -0.05) is 30.3 Å². The Bertz CT molecular complexity index is 250. The van der Waals surface area contributed by atoms with Crippen LogP contribution >= 0.6 is 22.9 Å². The average Bonchev–Trinajstić information content (AvgIpc) is 2.17. The largest absolute Gasteiger partial charge is 0.387 e. The fourth-order valence-corrected chi connectivity index (χ4v) is 1.43. The Balaban J connectivity index is 2.73. The normalized spacial score (nSPS) is 15.8. The van der Waals surface area contributed by atoms with E-state index in [0.29, 0.717) is 0 Å². The molecular formula is C10H14INO. The first-order valence-electron chi connectivity index (χ1n) is 4.24. The molecule has 0 aromatic heterocycles. The Morgan fingerprint density at radius 2 is 1.85 bits per heavy atom. The van der Waals surface area contributed by atoms with Gasteiger partial charge in [-0.05, 0) is 19.5 Å². The molecule has 13 heavy (non-hydrogen) atoms. The van der Waals surface area contributed by atoms with E-state index in [-0.39, 0.29) is 6.04 Å². The number of hydrogen-bond acceptors (Lipinski definition) is 2. The summed E-state index contributed by atoms with van der Waals surface area (Å²) in [5.41, 5.74) is 0.971. The van der Waals surface area contributed by atoms with Crippen molar-refractivity contribution in [3.8, 4) is 0 Å². The standard InChI is InChI=1S/C10H14INO/c1-8(12(2)11)10(13)9-6-4-3-5-7-9/h3-8,10,13H,1-2H3/t8-,10-/m0/s1. The summed E-state index contributed by atoms with van der Waals surface area (Å²) in [7, 11) is 1.96. The smallest absolute Gasteiger partial charge is 0.0950 e. The first kappa shape index (κ1) is 10.9. The zero-order chi connectivity index (χ0) is 9.84. The molecule has 1 N–H and O–H groups in total. The Morgan fingerprint density at radius 1 is 1.31 bits per heavy atom. The van der Waals surface area contributed by atoms with Crippen LogP contribution in [0.1, 0.15) is 18.6 Å². The molecule has 0 unspecified atom stereocenters. The Kier molecular flexibility index (Phi) is 4.15. The SMILES string of the molecule is C[C@@H]([C@H](O)c1ccccc1)N(C)I. The predicted octanol–water partition coefficient (Wildman–Crippen LogP) is 2.39. The lowest BCUT2D eigenvalue weighted by Crippen LogP contribution is -2.26. The van der Waals surface area contributed by atoms with Crippen molar-refractivity contribution in [1.29, 1.82) is 0 Å². The Labute approximate surface area is 93.1 Å². The van der Waals surface area contributed by atoms with Crippen molar-refractivity contribution in [2.45, 2.75) is 19.1 Å². The zero-order valence-electron chi connectivity index (χ0n) is 7.81. The third-order valence-corrected chi connectivity index (χ3v) is 3.04. The van der Waals surface area contributed by atoms with Crippen molar-refractivity contribution >= 4 is 22.9 Å². The van der Waals surface area contributed by atoms with Crippen LogP contribution in [0.4, 0.5) is 0 Å². The van der Waals surface area contributed by atoms with E-state index in [2.05, 4.69) is 22.9 Å². The van der Waals surface area contributed by atoms with Gasteiger partial charge in [0.1, 0.15) is 0 Å². The highest BCUT2D eigenvalue weighted by atomic mass is 127. The summed E-state index contributed by atoms with van der Waals surface area (Å²) in [5, 5.41) is 9.91. The lowest BCUT2D eigenvalue weighted by Gasteiger charge is -2.23. The molecule has 0 aliphatic rings. The van der Waals surface area contributed by atoms with Gasteiger partial charge in [-0.2, -0.15) is 0 Å². The molecule has 0 bridgehead atoms. The average molecular weight is 291 g/mol. The summed E-state index contributed by atoms with van der Waals surface area (Å²) in [6.07, 6.45) is -0.414. The van der Waals surface area contributed by atoms with Gasteiger partial charge in [0, 0.05) is 28.9 Å². The molecule has 72 valence electrons. The summed E-state index contributed by atoms with van der Waals surface area (Å²) in [5.74, 6) is 0. The second-order valence-corrected chi connectivity index (χ2v) is 4.64. The number of halogens is 1. The molecular weight excluding hydrogens is 277 g/mol. The molecule has 0 aliphatic carbocycles. The number of aliphatic hydroxyl groups is 1. The number of hydrogen-bond donors (Lipinski definition) is 1. The summed E-state index contributed by atoms with van der Waals surface area (Å²) in [4.78, 5) is 0. The van der Waals surface area contributed by atoms with Crippen LogP contribution in [-0.4, -0.2) is 21.3 Å². The van der Waals surface area contributed by atoms with E-state index in [0.717, 1.165) is 5.56 Å². The minimum absolute atomic E-state index is 0.128. The third-order valence-electron chi connectivity index (χ3n) is 2.16. The van der Waals surface area contributed by atoms with Crippen molar-refractivity contribution in [1.82, 2.24) is 3.11 Å². The molecule has 0 fully saturated rings. The highest BCUT2D eigenvalue weighted by Crippen LogP contribution is 2.21. The van der Waals surface area contributed by atoms with Crippen LogP contribution in [0.25, 0.3) is 0 Å². The summed E-state index contributed by atoms with van der Waals surface area (Å²) in [6.45, 7) is 2.00. The molecule has 2 atom stereocenters. The van der Waals surface area contributed by atoms with Crippen molar-refractivity contribution in [3.63, 3.8) is 0 Å². The van der Waals surface area contributed by atoms with E-state index in [1.54, 1.807) is 0 Å². The van der Waals surface area contributed by atoms with E-state index in [4.69, 9.17) is 0 Å². The molecule has 0 amide bonds. The Morgan fingerprint density at radius 3 is 2.31 bits per heavy atom. The Hall–Kier alpha value is -0.130. The summed E-state index contributed by atoms with van der Waals surface area (Å²) in [6, 6.07) is 9.86. The monoisotopic (exact) mass is 291 g/mol. The highest BCUT2D eigenvalue weighted by Gasteiger charge is 2.18. The van der Waals surface area contributed by atoms with E-state index in [9.17, 15) is 5.11 Å². The van der Waals surface area contributed by atoms with Crippen molar-refractivity contribution < 1.29 is 5.11 Å². The second-order valence-electron chi connectivity index (χ2n) is 3.12. The number of nitrogens with zero attached hydrogens (tertiary/aromatic N) is 1. The van der Waals surface area contributed by atoms with Crippen LogP contribution in [-0.2, 0) is 0 Å². The topological polar surface area (TPSA) is 23.5 Å². The predicted molar refractivity (Wildman–Crippen MR) is 62.6 cm³/mol. The minimum Gasteiger partial charge on any atom is -0.387 e. The van der Waals surface area contributed by atoms with Gasteiger partial charge in [-0.15, -0.1) is 0 Å². The molecule has 0 saturated heterocycles. The van der Waals surface area contributed by atoms with Gasteiger partial charge in [0.15, 0.2) is 0 Å². The van der Waals surface area contributed by atoms with Gasteiger partial charge in [0.25, 0.3) is 0 Å². The molecule has 0 spiro atoms. The maximum atomic E-state index is 9.91. The quantitative estimate of drug-likeness (QED) is 0.683. The maximum absolute atomic E-state index is 9.91. The van der Waals surface area contributed by atoms with Crippen LogP contribution in [0.5, 0.6) is 0 Å². The summed E-state index contributed by atoms with van der Waals surface area (Å²) >= 11 is 2.18. The molecule has 1 aromatic rings. The van der Waals surface area contributed by atoms with Gasteiger partial charge in [0.2, 0.25) is 0 Å². The lowest BCUT2D eigenvalue weighted by molar-refractivity contribution is 0.118. The van der Waals surface area contributed by atoms with Crippen LogP contribution in [0, 0.1) is 0 Å². The van der Waals surface area contributed by atoms with Crippen LogP contribution in [0.15, 0.2) is 30.3 Å². The zero-order valence-corrected chi connectivity index (χ0v) is 9.97. The van der Waals surface area contributed by atoms with E-state index in [1.165, 1.54) is 0 Å². The molecule has 0 aliphatic heterocycles. The fourth-order valence-electron chi connectivity index (χ4n) is 1.12. The van der Waals surface area contributed by atoms with Crippen LogP contribution in [0.3, 0.4) is 0 Å². The number of rotatable bonds is 3. The van der Waals surface area contributed by atoms with E-state index >= 15 is 0 Å². The molecule has 0 saturated carbocycles. The fraction of sp³-hybridized carbons (Fsp3) is 0.400. The highest BCUT2D eigenvalue weighted by molar-refractivity contribution is 14.1. The molecule has 0 radical (unpaired) electrons. The lowest BCUT2D eigenvalue weighted by atomic mass is 10.0. The minimum atomic E-state index is -0.414. The maximum Gasteiger partial charge on any atom is 0.0950 e. The number of likely N-dealkylation sites (N-methyl/N-ethyl adjacent to an activating group) is 1. The first-order valence-corrected chi connectivity index (χ1v) is 5.21. The van der Waals surface area contributed by atoms with Crippen LogP contribution < -0.4 is 0 Å². The van der Waals surface area contributed by atoms with Gasteiger partial charge in [-0.3, -0.25) is 0 Å². The van der Waals surface area contributed by atoms with Crippen molar-refractivity contribution in [3.05, 3.63) is 35.9 Å². The van der Waals surface area contributed by atoms with Gasteiger partial charge in [0.05, 0.1) is 6.10 Å². The molecule has 1 rings (SSSR count). The second kappa shape index (κ2) is 4.93. The molecule has 2 nitrogen and oxygen atoms in total. The molecule has 0 heterocycles. The van der Waals surface area contributed by atoms with Gasteiger partial charge in [-0.25, -0.2) is 3.11 Å². The first-order chi connectivity index (χ1) is 6.13. The van der Waals surface area contributed by atoms with Crippen LogP contribution in [0.2, 0.25) is 0 Å². The van der Waals surface area contributed by atoms with Crippen molar-refractivity contribution in [2.75, 3.05) is 7.05 Å². The van der Waals surface area contributed by atoms with E-state index < -0.39 is 6.10 Å². The number of aliphatic hydroxyl groups excluding tert-OH is 1. The molecule has 3 heteroatoms. The van der Waals surface area contributed by atoms with Gasteiger partial charge < -0.3 is 5.11 Å². The summed E-state index contributed by atoms with van der Waals surface area (Å²) < 4.78 is 1.98.